The van der Waals surface area contributed by atoms with Crippen LogP contribution in [0.2, 0.25) is 0 Å². The molecule has 3 N–H and O–H groups in total. The molecule has 0 aromatic carbocycles. The molecule has 1 aliphatic rings. The molecule has 1 fully saturated rings. The van der Waals surface area contributed by atoms with Crippen molar-refractivity contribution in [1.82, 2.24) is 0 Å². The quantitative estimate of drug-likeness (QED) is 0.701. The highest BCUT2D eigenvalue weighted by molar-refractivity contribution is 4.75. The number of hydrogen-bond acceptors (Lipinski definition) is 3. The van der Waals surface area contributed by atoms with Crippen LogP contribution in [0.25, 0.3) is 0 Å². The summed E-state index contributed by atoms with van der Waals surface area (Å²) < 4.78 is 5.46. The van der Waals surface area contributed by atoms with E-state index in [-0.39, 0.29) is 6.10 Å². The summed E-state index contributed by atoms with van der Waals surface area (Å²) in [5.41, 5.74) is 5.72. The summed E-state index contributed by atoms with van der Waals surface area (Å²) >= 11 is 0. The van der Waals surface area contributed by atoms with Gasteiger partial charge in [-0.25, -0.2) is 0 Å². The molecule has 1 aliphatic carbocycles. The molecule has 1 rings (SSSR count). The Morgan fingerprint density at radius 3 is 2.57 bits per heavy atom. The van der Waals surface area contributed by atoms with E-state index in [2.05, 4.69) is 0 Å². The number of aliphatic hydroxyl groups excluding tert-OH is 1. The Bertz CT molecular complexity index is 150. The second-order valence-corrected chi connectivity index (χ2v) is 4.43. The molecule has 3 atom stereocenters. The Hall–Kier alpha value is -0.120. The smallest absolute Gasteiger partial charge is 0.0745 e. The first-order valence-corrected chi connectivity index (χ1v) is 5.70. The molecule has 1 saturated carbocycles. The van der Waals surface area contributed by atoms with Crippen LogP contribution in [0.4, 0.5) is 0 Å². The van der Waals surface area contributed by atoms with Crippen molar-refractivity contribution in [1.29, 1.82) is 0 Å². The average Bonchev–Trinajstić information content (AvgIpc) is 2.18. The van der Waals surface area contributed by atoms with Gasteiger partial charge in [0.15, 0.2) is 0 Å². The lowest BCUT2D eigenvalue weighted by Gasteiger charge is -2.30. The van der Waals surface area contributed by atoms with E-state index in [4.69, 9.17) is 15.6 Å². The van der Waals surface area contributed by atoms with Crippen molar-refractivity contribution in [2.75, 3.05) is 19.8 Å². The van der Waals surface area contributed by atoms with Gasteiger partial charge in [0.05, 0.1) is 12.7 Å². The SMILES string of the molecule is CC(O)COCC1CCCCC1CN. The minimum absolute atomic E-state index is 0.352. The molecule has 0 amide bonds. The third kappa shape index (κ3) is 3.95. The van der Waals surface area contributed by atoms with Gasteiger partial charge in [-0.1, -0.05) is 12.8 Å². The molecule has 14 heavy (non-hydrogen) atoms. The summed E-state index contributed by atoms with van der Waals surface area (Å²) in [6.45, 7) is 3.75. The van der Waals surface area contributed by atoms with E-state index in [0.29, 0.717) is 18.4 Å². The first kappa shape index (κ1) is 12.0. The third-order valence-electron chi connectivity index (χ3n) is 3.06. The molecule has 0 saturated heterocycles. The predicted octanol–water partition coefficient (Wildman–Crippen LogP) is 1.15. The summed E-state index contributed by atoms with van der Waals surface area (Å²) in [6, 6.07) is 0. The summed E-state index contributed by atoms with van der Waals surface area (Å²) in [5, 5.41) is 9.06. The molecule has 0 spiro atoms. The molecular weight excluding hydrogens is 178 g/mol. The van der Waals surface area contributed by atoms with Crippen LogP contribution in [0.1, 0.15) is 32.6 Å². The van der Waals surface area contributed by atoms with Gasteiger partial charge in [-0.05, 0) is 38.1 Å². The lowest BCUT2D eigenvalue weighted by atomic mass is 9.80. The van der Waals surface area contributed by atoms with Gasteiger partial charge in [0.25, 0.3) is 0 Å². The molecule has 3 nitrogen and oxygen atoms in total. The van der Waals surface area contributed by atoms with E-state index in [0.717, 1.165) is 13.2 Å². The number of nitrogens with two attached hydrogens (primary N) is 1. The van der Waals surface area contributed by atoms with E-state index < -0.39 is 0 Å². The van der Waals surface area contributed by atoms with Gasteiger partial charge in [-0.15, -0.1) is 0 Å². The van der Waals surface area contributed by atoms with Gasteiger partial charge < -0.3 is 15.6 Å². The van der Waals surface area contributed by atoms with Crippen molar-refractivity contribution >= 4 is 0 Å². The largest absolute Gasteiger partial charge is 0.391 e. The molecule has 3 unspecified atom stereocenters. The van der Waals surface area contributed by atoms with Crippen molar-refractivity contribution in [2.24, 2.45) is 17.6 Å². The van der Waals surface area contributed by atoms with Crippen LogP contribution in [0.3, 0.4) is 0 Å². The monoisotopic (exact) mass is 201 g/mol. The minimum atomic E-state index is -0.352. The van der Waals surface area contributed by atoms with Crippen LogP contribution in [0, 0.1) is 11.8 Å². The normalized spacial score (nSPS) is 30.2. The van der Waals surface area contributed by atoms with Crippen LogP contribution >= 0.6 is 0 Å². The molecule has 0 aromatic heterocycles. The zero-order chi connectivity index (χ0) is 10.4. The molecule has 0 aromatic rings. The highest BCUT2D eigenvalue weighted by atomic mass is 16.5. The van der Waals surface area contributed by atoms with Crippen LogP contribution < -0.4 is 5.73 Å². The summed E-state index contributed by atoms with van der Waals surface area (Å²) in [5.74, 6) is 1.25. The molecule has 0 aliphatic heterocycles. The molecule has 84 valence electrons. The topological polar surface area (TPSA) is 55.5 Å². The lowest BCUT2D eigenvalue weighted by molar-refractivity contribution is 0.0111. The zero-order valence-corrected chi connectivity index (χ0v) is 9.11. The Morgan fingerprint density at radius 2 is 2.00 bits per heavy atom. The molecule has 0 bridgehead atoms. The summed E-state index contributed by atoms with van der Waals surface area (Å²) in [6.07, 6.45) is 4.75. The Balaban J connectivity index is 2.19. The molecule has 0 heterocycles. The van der Waals surface area contributed by atoms with Gasteiger partial charge >= 0.3 is 0 Å². The fourth-order valence-corrected chi connectivity index (χ4v) is 2.20. The standard InChI is InChI=1S/C11H23NO2/c1-9(13)7-14-8-11-5-3-2-4-10(11)6-12/h9-11,13H,2-8,12H2,1H3. The van der Waals surface area contributed by atoms with Crippen LogP contribution in [-0.2, 0) is 4.74 Å². The van der Waals surface area contributed by atoms with Crippen molar-refractivity contribution < 1.29 is 9.84 Å². The minimum Gasteiger partial charge on any atom is -0.391 e. The Labute approximate surface area is 86.6 Å². The van der Waals surface area contributed by atoms with E-state index in [1.54, 1.807) is 6.92 Å². The van der Waals surface area contributed by atoms with Gasteiger partial charge in [0.1, 0.15) is 0 Å². The average molecular weight is 201 g/mol. The Kier molecular flexibility index (Phi) is 5.45. The number of hydrogen-bond donors (Lipinski definition) is 2. The van der Waals surface area contributed by atoms with Crippen LogP contribution in [-0.4, -0.2) is 31.0 Å². The van der Waals surface area contributed by atoms with Crippen molar-refractivity contribution in [3.8, 4) is 0 Å². The molecule has 0 radical (unpaired) electrons. The van der Waals surface area contributed by atoms with E-state index >= 15 is 0 Å². The van der Waals surface area contributed by atoms with E-state index in [1.807, 2.05) is 0 Å². The maximum atomic E-state index is 9.06. The maximum Gasteiger partial charge on any atom is 0.0745 e. The van der Waals surface area contributed by atoms with Crippen molar-refractivity contribution in [3.05, 3.63) is 0 Å². The van der Waals surface area contributed by atoms with Gasteiger partial charge in [-0.2, -0.15) is 0 Å². The van der Waals surface area contributed by atoms with E-state index in [9.17, 15) is 0 Å². The highest BCUT2D eigenvalue weighted by Gasteiger charge is 2.23. The molecular formula is C11H23NO2. The highest BCUT2D eigenvalue weighted by Crippen LogP contribution is 2.29. The fraction of sp³-hybridized carbons (Fsp3) is 1.00. The van der Waals surface area contributed by atoms with Crippen molar-refractivity contribution in [3.63, 3.8) is 0 Å². The van der Waals surface area contributed by atoms with Gasteiger partial charge in [-0.3, -0.25) is 0 Å². The number of aliphatic hydroxyl groups is 1. The first-order valence-electron chi connectivity index (χ1n) is 5.70. The van der Waals surface area contributed by atoms with Crippen LogP contribution in [0.15, 0.2) is 0 Å². The zero-order valence-electron chi connectivity index (χ0n) is 9.11. The van der Waals surface area contributed by atoms with Gasteiger partial charge in [0.2, 0.25) is 0 Å². The first-order chi connectivity index (χ1) is 6.74. The van der Waals surface area contributed by atoms with Gasteiger partial charge in [0, 0.05) is 6.61 Å². The molecule has 3 heteroatoms. The Morgan fingerprint density at radius 1 is 1.36 bits per heavy atom. The number of rotatable bonds is 5. The van der Waals surface area contributed by atoms with Crippen molar-refractivity contribution in [2.45, 2.75) is 38.7 Å². The third-order valence-corrected chi connectivity index (χ3v) is 3.06. The summed E-state index contributed by atoms with van der Waals surface area (Å²) in [4.78, 5) is 0. The predicted molar refractivity (Wildman–Crippen MR) is 57.0 cm³/mol. The fourth-order valence-electron chi connectivity index (χ4n) is 2.20. The summed E-state index contributed by atoms with van der Waals surface area (Å²) in [7, 11) is 0. The maximum absolute atomic E-state index is 9.06. The second kappa shape index (κ2) is 6.38. The number of ether oxygens (including phenoxy) is 1. The van der Waals surface area contributed by atoms with E-state index in [1.165, 1.54) is 25.7 Å². The van der Waals surface area contributed by atoms with Crippen LogP contribution in [0.5, 0.6) is 0 Å². The second-order valence-electron chi connectivity index (χ2n) is 4.43. The lowest BCUT2D eigenvalue weighted by Crippen LogP contribution is -2.30.